The zero-order valence-corrected chi connectivity index (χ0v) is 26.0. The zero-order chi connectivity index (χ0) is 47.1. The number of fused-ring (bicyclic) bond motifs is 7. The maximum absolute atomic E-state index is 10.0. The van der Waals surface area contributed by atoms with E-state index >= 15 is 0 Å². The molecule has 0 fully saturated rings. The molecule has 50 heavy (non-hydrogen) atoms. The molecule has 7 aromatic carbocycles. The van der Waals surface area contributed by atoms with Crippen molar-refractivity contribution in [2.45, 2.75) is 19.1 Å². The molecule has 0 amide bonds. The third-order valence-corrected chi connectivity index (χ3v) is 9.11. The minimum absolute atomic E-state index is 0.0777. The lowest BCUT2D eigenvalue weighted by molar-refractivity contribution is 0.661. The monoisotopic (exact) mass is 656 g/mol. The van der Waals surface area contributed by atoms with Gasteiger partial charge in [-0.05, 0) is 68.3 Å². The summed E-state index contributed by atoms with van der Waals surface area (Å²) in [6, 6.07) is 22.2. The van der Waals surface area contributed by atoms with Crippen LogP contribution in [0.5, 0.6) is 0 Å². The van der Waals surface area contributed by atoms with E-state index in [0.29, 0.717) is 11.1 Å². The van der Waals surface area contributed by atoms with Gasteiger partial charge in [0.1, 0.15) is 0 Å². The molecular formula is C46H32N4. The van der Waals surface area contributed by atoms with Gasteiger partial charge in [-0.2, -0.15) is 9.97 Å². The van der Waals surface area contributed by atoms with E-state index in [-0.39, 0.29) is 33.9 Å². The van der Waals surface area contributed by atoms with E-state index in [1.54, 1.807) is 42.5 Å². The second kappa shape index (κ2) is 10.8. The average Bonchev–Trinajstić information content (AvgIpc) is 3.85. The molecule has 9 aromatic rings. The van der Waals surface area contributed by atoms with E-state index in [2.05, 4.69) is 6.07 Å². The molecule has 0 unspecified atom stereocenters. The third-order valence-electron chi connectivity index (χ3n) is 9.11. The van der Waals surface area contributed by atoms with Crippen LogP contribution in [0.1, 0.15) is 46.8 Å². The lowest BCUT2D eigenvalue weighted by atomic mass is 9.82. The molecule has 4 heteroatoms. The highest BCUT2D eigenvalue weighted by molar-refractivity contribution is 6.11. The molecule has 1 aliphatic carbocycles. The number of benzene rings is 7. The van der Waals surface area contributed by atoms with Crippen molar-refractivity contribution in [3.05, 3.63) is 169 Å². The van der Waals surface area contributed by atoms with Crippen molar-refractivity contribution in [3.63, 3.8) is 0 Å². The quantitative estimate of drug-likeness (QED) is 0.189. The van der Waals surface area contributed by atoms with Crippen LogP contribution in [0.15, 0.2) is 157 Å². The van der Waals surface area contributed by atoms with E-state index in [0.717, 1.165) is 26.5 Å². The van der Waals surface area contributed by atoms with Crippen molar-refractivity contribution < 1.29 is 21.9 Å². The molecule has 4 nitrogen and oxygen atoms in total. The van der Waals surface area contributed by atoms with E-state index < -0.39 is 107 Å². The second-order valence-electron chi connectivity index (χ2n) is 12.1. The minimum atomic E-state index is -3.65. The standard InChI is InChI=1S/C46H32N4/c1-46(2)39-18-10-8-16-35(39)37-27-38-36-17-9-11-19-41(36)50(42(38)28-40(37)46)45-48-43(31-13-4-3-5-14-31)47-44(49-45)32-23-20-30(21-24-32)34-25-22-29-12-6-7-15-33(29)26-34/h3-28H,1-2H3/i1D3,2D3,8D,9D,10D,11D,16D,17D,18D,19D,27D,28D. The summed E-state index contributed by atoms with van der Waals surface area (Å²) in [5.41, 5.74) is -4.13. The van der Waals surface area contributed by atoms with E-state index in [1.807, 2.05) is 48.5 Å². The van der Waals surface area contributed by atoms with Gasteiger partial charge in [0.05, 0.1) is 24.7 Å². The number of hydrogen-bond donors (Lipinski definition) is 0. The Hall–Kier alpha value is -6.39. The van der Waals surface area contributed by atoms with Crippen molar-refractivity contribution in [2.75, 3.05) is 0 Å². The largest absolute Gasteiger partial charge is 0.278 e. The molecule has 0 saturated carbocycles. The smallest absolute Gasteiger partial charge is 0.238 e. The Kier molecular flexibility index (Phi) is 3.64. The van der Waals surface area contributed by atoms with Gasteiger partial charge in [-0.25, -0.2) is 4.98 Å². The fraction of sp³-hybridized carbons (Fsp3) is 0.0652. The summed E-state index contributed by atoms with van der Waals surface area (Å²) in [6.07, 6.45) is 0. The highest BCUT2D eigenvalue weighted by Crippen LogP contribution is 2.50. The second-order valence-corrected chi connectivity index (χ2v) is 12.1. The van der Waals surface area contributed by atoms with Crippen LogP contribution in [-0.4, -0.2) is 19.5 Å². The average molecular weight is 657 g/mol. The molecule has 0 bridgehead atoms. The van der Waals surface area contributed by atoms with Crippen molar-refractivity contribution in [3.8, 4) is 51.0 Å². The Bertz CT molecular complexity index is 3550. The number of para-hydroxylation sites is 1. The van der Waals surface area contributed by atoms with Gasteiger partial charge in [-0.15, -0.1) is 0 Å². The normalized spacial score (nSPS) is 18.2. The van der Waals surface area contributed by atoms with Crippen LogP contribution in [0.2, 0.25) is 0 Å². The Morgan fingerprint density at radius 2 is 1.22 bits per heavy atom. The molecule has 1 aliphatic rings. The highest BCUT2D eigenvalue weighted by Gasteiger charge is 2.36. The highest BCUT2D eigenvalue weighted by atomic mass is 15.2. The van der Waals surface area contributed by atoms with Crippen LogP contribution in [0.25, 0.3) is 83.6 Å². The van der Waals surface area contributed by atoms with Gasteiger partial charge in [0.2, 0.25) is 5.95 Å². The van der Waals surface area contributed by atoms with Gasteiger partial charge in [0.25, 0.3) is 0 Å². The number of rotatable bonds is 4. The van der Waals surface area contributed by atoms with E-state index in [1.165, 1.54) is 0 Å². The zero-order valence-electron chi connectivity index (χ0n) is 42.0. The van der Waals surface area contributed by atoms with E-state index in [4.69, 9.17) is 31.4 Å². The van der Waals surface area contributed by atoms with Gasteiger partial charge >= 0.3 is 0 Å². The summed E-state index contributed by atoms with van der Waals surface area (Å²) in [5.74, 6) is -0.170. The summed E-state index contributed by atoms with van der Waals surface area (Å²) < 4.78 is 145. The molecule has 236 valence electrons. The SMILES string of the molecule is [2H]c1c([2H])c([2H])c2c(c1[2H])-c1c(c([2H])c3c(c1[2H])c1c([2H])c([2H])c([2H])c([2H])c1n3-c1nc(-c3ccccc3)nc(-c3ccc(-c4ccc5ccccc5c4)cc3)n1)C2(C([2H])([2H])[2H])C([2H])([2H])[2H]. The predicted molar refractivity (Wildman–Crippen MR) is 206 cm³/mol. The summed E-state index contributed by atoms with van der Waals surface area (Å²) in [7, 11) is 0. The first-order valence-electron chi connectivity index (χ1n) is 23.8. The molecule has 0 saturated heterocycles. The molecule has 0 aliphatic heterocycles. The van der Waals surface area contributed by atoms with Gasteiger partial charge in [0.15, 0.2) is 11.6 Å². The molecule has 0 atom stereocenters. The number of hydrogen-bond acceptors (Lipinski definition) is 3. The number of aromatic nitrogens is 4. The molecule has 10 rings (SSSR count). The van der Waals surface area contributed by atoms with Gasteiger partial charge < -0.3 is 0 Å². The summed E-state index contributed by atoms with van der Waals surface area (Å²) in [5, 5.41) is 1.46. The first kappa shape index (κ1) is 16.8. The molecule has 2 heterocycles. The van der Waals surface area contributed by atoms with E-state index in [9.17, 15) is 5.48 Å². The molecular weight excluding hydrogens is 609 g/mol. The van der Waals surface area contributed by atoms with Crippen LogP contribution < -0.4 is 0 Å². The first-order chi connectivity index (χ1) is 31.2. The van der Waals surface area contributed by atoms with Gasteiger partial charge in [-0.1, -0.05) is 147 Å². The Labute approximate surface area is 312 Å². The van der Waals surface area contributed by atoms with Crippen molar-refractivity contribution in [2.24, 2.45) is 0 Å². The molecule has 0 spiro atoms. The van der Waals surface area contributed by atoms with Crippen molar-refractivity contribution >= 4 is 32.6 Å². The first-order valence-corrected chi connectivity index (χ1v) is 15.8. The Balaban J connectivity index is 1.35. The summed E-state index contributed by atoms with van der Waals surface area (Å²) in [6.45, 7) is -7.29. The molecule has 2 aromatic heterocycles. The van der Waals surface area contributed by atoms with Gasteiger partial charge in [-0.3, -0.25) is 4.57 Å². The molecule has 0 N–H and O–H groups in total. The summed E-state index contributed by atoms with van der Waals surface area (Å²) >= 11 is 0. The van der Waals surface area contributed by atoms with Crippen LogP contribution in [0.3, 0.4) is 0 Å². The fourth-order valence-electron chi connectivity index (χ4n) is 6.67. The van der Waals surface area contributed by atoms with Crippen molar-refractivity contribution in [1.29, 1.82) is 0 Å². The van der Waals surface area contributed by atoms with Crippen LogP contribution in [0.4, 0.5) is 0 Å². The third kappa shape index (κ3) is 4.35. The fourth-order valence-corrected chi connectivity index (χ4v) is 6.67. The minimum Gasteiger partial charge on any atom is -0.278 e. The predicted octanol–water partition coefficient (Wildman–Crippen LogP) is 11.4. The van der Waals surface area contributed by atoms with Crippen LogP contribution >= 0.6 is 0 Å². The maximum atomic E-state index is 10.0. The van der Waals surface area contributed by atoms with Crippen LogP contribution in [-0.2, 0) is 5.41 Å². The Morgan fingerprint density at radius 1 is 0.540 bits per heavy atom. The lowest BCUT2D eigenvalue weighted by Crippen LogP contribution is -2.15. The molecule has 0 radical (unpaired) electrons. The Morgan fingerprint density at radius 3 is 2.04 bits per heavy atom. The number of nitrogens with zero attached hydrogens (tertiary/aromatic N) is 4. The maximum Gasteiger partial charge on any atom is 0.238 e. The van der Waals surface area contributed by atoms with Crippen LogP contribution in [0, 0.1) is 0 Å². The topological polar surface area (TPSA) is 43.6 Å². The lowest BCUT2D eigenvalue weighted by Gasteiger charge is -2.21. The van der Waals surface area contributed by atoms with Crippen molar-refractivity contribution in [1.82, 2.24) is 19.5 Å². The van der Waals surface area contributed by atoms with Gasteiger partial charge in [0, 0.05) is 35.5 Å². The summed E-state index contributed by atoms with van der Waals surface area (Å²) in [4.78, 5) is 14.4.